The second-order valence-corrected chi connectivity index (χ2v) is 3.45. The maximum absolute atomic E-state index is 10.7. The molecular weight excluding hydrogens is 180 g/mol. The van der Waals surface area contributed by atoms with Crippen LogP contribution in [0.4, 0.5) is 0 Å². The molecule has 0 bridgehead atoms. The topological polar surface area (TPSA) is 86.2 Å². The van der Waals surface area contributed by atoms with Gasteiger partial charge in [0.25, 0.3) is 0 Å². The van der Waals surface area contributed by atoms with Crippen LogP contribution in [0, 0.1) is 5.41 Å². The Bertz CT molecular complexity index is 187. The standard InChI is InChI=1S/C7H15NO.C3H7NO/c1-4-7(3,5-2)6(8)9;1-2-3(4)5/h4-5H2,1-3H3,(H2,8,9);2H2,1H3,(H2,4,5). The zero-order valence-electron chi connectivity index (χ0n) is 9.59. The molecule has 0 atom stereocenters. The minimum absolute atomic E-state index is 0.187. The van der Waals surface area contributed by atoms with E-state index < -0.39 is 0 Å². The summed E-state index contributed by atoms with van der Waals surface area (Å²) in [6.07, 6.45) is 2.11. The summed E-state index contributed by atoms with van der Waals surface area (Å²) in [7, 11) is 0. The van der Waals surface area contributed by atoms with E-state index in [-0.39, 0.29) is 17.2 Å². The minimum atomic E-state index is -0.278. The van der Waals surface area contributed by atoms with E-state index in [2.05, 4.69) is 5.73 Å². The van der Waals surface area contributed by atoms with Crippen LogP contribution in [0.5, 0.6) is 0 Å². The fourth-order valence-corrected chi connectivity index (χ4v) is 0.598. The molecule has 0 aromatic carbocycles. The number of carbonyl (C=O) groups is 2. The molecule has 0 spiro atoms. The summed E-state index contributed by atoms with van der Waals surface area (Å²) in [5.74, 6) is -0.433. The maximum Gasteiger partial charge on any atom is 0.223 e. The molecule has 14 heavy (non-hydrogen) atoms. The lowest BCUT2D eigenvalue weighted by Crippen LogP contribution is -2.32. The number of amides is 2. The van der Waals surface area contributed by atoms with E-state index in [1.165, 1.54) is 0 Å². The van der Waals surface area contributed by atoms with Gasteiger partial charge in [-0.15, -0.1) is 0 Å². The van der Waals surface area contributed by atoms with Gasteiger partial charge in [-0.1, -0.05) is 27.7 Å². The van der Waals surface area contributed by atoms with E-state index in [0.717, 1.165) is 12.8 Å². The van der Waals surface area contributed by atoms with Gasteiger partial charge >= 0.3 is 0 Å². The lowest BCUT2D eigenvalue weighted by molar-refractivity contribution is -0.127. The Balaban J connectivity index is 0. The molecular formula is C10H22N2O2. The van der Waals surface area contributed by atoms with Crippen molar-refractivity contribution in [3.05, 3.63) is 0 Å². The van der Waals surface area contributed by atoms with Crippen molar-refractivity contribution in [3.8, 4) is 0 Å². The van der Waals surface area contributed by atoms with E-state index in [9.17, 15) is 9.59 Å². The quantitative estimate of drug-likeness (QED) is 0.717. The molecule has 0 aromatic rings. The average Bonchev–Trinajstić information content (AvgIpc) is 2.17. The SMILES string of the molecule is CCC(C)(CC)C(N)=O.CCC(N)=O. The Morgan fingerprint density at radius 2 is 1.36 bits per heavy atom. The molecule has 0 aromatic heterocycles. The lowest BCUT2D eigenvalue weighted by atomic mass is 9.84. The van der Waals surface area contributed by atoms with Crippen molar-refractivity contribution < 1.29 is 9.59 Å². The Labute approximate surface area is 86.0 Å². The van der Waals surface area contributed by atoms with Crippen LogP contribution in [-0.2, 0) is 9.59 Å². The van der Waals surface area contributed by atoms with Crippen LogP contribution in [0.2, 0.25) is 0 Å². The Hall–Kier alpha value is -1.06. The first kappa shape index (κ1) is 15.4. The third-order valence-electron chi connectivity index (χ3n) is 2.50. The van der Waals surface area contributed by atoms with Gasteiger partial charge < -0.3 is 11.5 Å². The van der Waals surface area contributed by atoms with Crippen molar-refractivity contribution in [2.75, 3.05) is 0 Å². The molecule has 0 heterocycles. The summed E-state index contributed by atoms with van der Waals surface area (Å²) in [6, 6.07) is 0. The summed E-state index contributed by atoms with van der Waals surface area (Å²) < 4.78 is 0. The first-order chi connectivity index (χ1) is 6.33. The highest BCUT2D eigenvalue weighted by atomic mass is 16.1. The number of nitrogens with two attached hydrogens (primary N) is 2. The highest BCUT2D eigenvalue weighted by Gasteiger charge is 2.25. The highest BCUT2D eigenvalue weighted by molar-refractivity contribution is 5.80. The molecule has 0 unspecified atom stereocenters. The second kappa shape index (κ2) is 7.35. The van der Waals surface area contributed by atoms with Crippen molar-refractivity contribution in [2.45, 2.75) is 47.0 Å². The number of primary amides is 2. The molecule has 2 amide bonds. The Morgan fingerprint density at radius 1 is 1.07 bits per heavy atom. The highest BCUT2D eigenvalue weighted by Crippen LogP contribution is 2.23. The number of hydrogen-bond donors (Lipinski definition) is 2. The molecule has 0 aliphatic rings. The predicted octanol–water partition coefficient (Wildman–Crippen LogP) is 1.18. The zero-order chi connectivity index (χ0) is 11.8. The fraction of sp³-hybridized carbons (Fsp3) is 0.800. The molecule has 4 heteroatoms. The molecule has 0 radical (unpaired) electrons. The zero-order valence-corrected chi connectivity index (χ0v) is 9.59. The first-order valence-corrected chi connectivity index (χ1v) is 4.92. The second-order valence-electron chi connectivity index (χ2n) is 3.45. The third kappa shape index (κ3) is 6.46. The predicted molar refractivity (Wildman–Crippen MR) is 57.4 cm³/mol. The van der Waals surface area contributed by atoms with Crippen molar-refractivity contribution in [1.29, 1.82) is 0 Å². The van der Waals surface area contributed by atoms with Gasteiger partial charge in [-0.2, -0.15) is 0 Å². The molecule has 0 rings (SSSR count). The third-order valence-corrected chi connectivity index (χ3v) is 2.50. The summed E-state index contributed by atoms with van der Waals surface area (Å²) in [5.41, 5.74) is 9.53. The maximum atomic E-state index is 10.7. The van der Waals surface area contributed by atoms with Gasteiger partial charge in [-0.25, -0.2) is 0 Å². The molecule has 0 aliphatic heterocycles. The van der Waals surface area contributed by atoms with Gasteiger partial charge in [0.15, 0.2) is 0 Å². The average molecular weight is 202 g/mol. The van der Waals surface area contributed by atoms with Crippen LogP contribution in [0.15, 0.2) is 0 Å². The van der Waals surface area contributed by atoms with Crippen molar-refractivity contribution in [2.24, 2.45) is 16.9 Å². The first-order valence-electron chi connectivity index (χ1n) is 4.92. The van der Waals surface area contributed by atoms with Gasteiger partial charge in [0.05, 0.1) is 0 Å². The summed E-state index contributed by atoms with van der Waals surface area (Å²) in [5, 5.41) is 0. The Morgan fingerprint density at radius 3 is 1.36 bits per heavy atom. The molecule has 0 fully saturated rings. The largest absolute Gasteiger partial charge is 0.370 e. The number of hydrogen-bond acceptors (Lipinski definition) is 2. The van der Waals surface area contributed by atoms with E-state index in [0.29, 0.717) is 6.42 Å². The van der Waals surface area contributed by atoms with Crippen LogP contribution >= 0.6 is 0 Å². The van der Waals surface area contributed by atoms with Crippen molar-refractivity contribution in [3.63, 3.8) is 0 Å². The summed E-state index contributed by atoms with van der Waals surface area (Å²) in [6.45, 7) is 7.58. The van der Waals surface area contributed by atoms with Gasteiger partial charge in [0.1, 0.15) is 0 Å². The summed E-state index contributed by atoms with van der Waals surface area (Å²) >= 11 is 0. The normalized spacial score (nSPS) is 10.0. The van der Waals surface area contributed by atoms with Gasteiger partial charge in [-0.3, -0.25) is 9.59 Å². The Kier molecular flexibility index (Phi) is 8.10. The van der Waals surface area contributed by atoms with Crippen LogP contribution in [0.1, 0.15) is 47.0 Å². The molecule has 4 N–H and O–H groups in total. The van der Waals surface area contributed by atoms with Gasteiger partial charge in [0.2, 0.25) is 11.8 Å². The van der Waals surface area contributed by atoms with E-state index >= 15 is 0 Å². The fourth-order valence-electron chi connectivity index (χ4n) is 0.598. The van der Waals surface area contributed by atoms with Crippen molar-refractivity contribution >= 4 is 11.8 Å². The van der Waals surface area contributed by atoms with Gasteiger partial charge in [-0.05, 0) is 12.8 Å². The molecule has 84 valence electrons. The number of rotatable bonds is 4. The monoisotopic (exact) mass is 202 g/mol. The van der Waals surface area contributed by atoms with Crippen LogP contribution in [0.25, 0.3) is 0 Å². The number of carbonyl (C=O) groups excluding carboxylic acids is 2. The smallest absolute Gasteiger partial charge is 0.223 e. The van der Waals surface area contributed by atoms with Gasteiger partial charge in [0, 0.05) is 11.8 Å². The molecule has 0 saturated heterocycles. The lowest BCUT2D eigenvalue weighted by Gasteiger charge is -2.21. The minimum Gasteiger partial charge on any atom is -0.370 e. The molecule has 0 aliphatic carbocycles. The molecule has 0 saturated carbocycles. The van der Waals surface area contributed by atoms with Crippen molar-refractivity contribution in [1.82, 2.24) is 0 Å². The summed E-state index contributed by atoms with van der Waals surface area (Å²) in [4.78, 5) is 20.3. The van der Waals surface area contributed by atoms with E-state index in [4.69, 9.17) is 5.73 Å². The van der Waals surface area contributed by atoms with Crippen LogP contribution in [-0.4, -0.2) is 11.8 Å². The van der Waals surface area contributed by atoms with E-state index in [1.54, 1.807) is 6.92 Å². The van der Waals surface area contributed by atoms with E-state index in [1.807, 2.05) is 20.8 Å². The van der Waals surface area contributed by atoms with Crippen LogP contribution in [0.3, 0.4) is 0 Å². The van der Waals surface area contributed by atoms with Crippen LogP contribution < -0.4 is 11.5 Å². The molecule has 4 nitrogen and oxygen atoms in total.